The Labute approximate surface area is 143 Å². The number of thioether (sulfide) groups is 1. The van der Waals surface area contributed by atoms with Gasteiger partial charge in [0.05, 0.1) is 5.75 Å². The third-order valence-corrected chi connectivity index (χ3v) is 4.64. The van der Waals surface area contributed by atoms with Crippen molar-refractivity contribution < 1.29 is 9.52 Å². The maximum absolute atomic E-state index is 9.32. The Morgan fingerprint density at radius 3 is 2.50 bits per heavy atom. The Kier molecular flexibility index (Phi) is 3.92. The number of aromatic nitrogens is 2. The quantitative estimate of drug-likeness (QED) is 0.539. The Hall–Kier alpha value is -2.79. The van der Waals surface area contributed by atoms with Crippen LogP contribution in [0.15, 0.2) is 76.0 Å². The second-order valence-corrected chi connectivity index (χ2v) is 6.39. The van der Waals surface area contributed by atoms with Crippen molar-refractivity contribution in [3.05, 3.63) is 72.6 Å². The van der Waals surface area contributed by atoms with Gasteiger partial charge in [0.2, 0.25) is 11.8 Å². The molecule has 1 aromatic heterocycles. The summed E-state index contributed by atoms with van der Waals surface area (Å²) in [5, 5.41) is 19.9. The number of fused-ring (bicyclic) bond motifs is 1. The molecule has 3 aromatic carbocycles. The van der Waals surface area contributed by atoms with Crippen molar-refractivity contribution in [3.63, 3.8) is 0 Å². The molecule has 0 saturated carbocycles. The van der Waals surface area contributed by atoms with Crippen LogP contribution in [-0.2, 0) is 5.75 Å². The van der Waals surface area contributed by atoms with Gasteiger partial charge in [-0.3, -0.25) is 0 Å². The highest BCUT2D eigenvalue weighted by Gasteiger charge is 2.09. The van der Waals surface area contributed by atoms with E-state index >= 15 is 0 Å². The van der Waals surface area contributed by atoms with Gasteiger partial charge in [-0.25, -0.2) is 0 Å². The van der Waals surface area contributed by atoms with Crippen LogP contribution in [0.3, 0.4) is 0 Å². The van der Waals surface area contributed by atoms with Gasteiger partial charge in [-0.15, -0.1) is 22.0 Å². The van der Waals surface area contributed by atoms with Crippen molar-refractivity contribution in [2.75, 3.05) is 0 Å². The molecule has 0 atom stereocenters. The van der Waals surface area contributed by atoms with Crippen molar-refractivity contribution in [2.45, 2.75) is 10.6 Å². The van der Waals surface area contributed by atoms with Crippen LogP contribution in [0.25, 0.3) is 22.2 Å². The first kappa shape index (κ1) is 14.8. The normalized spacial score (nSPS) is 11.0. The molecule has 0 radical (unpaired) electrons. The summed E-state index contributed by atoms with van der Waals surface area (Å²) in [7, 11) is 0. The molecule has 0 bridgehead atoms. The average Bonchev–Trinajstić information content (AvgIpc) is 3.09. The van der Waals surface area contributed by atoms with Gasteiger partial charge in [0.25, 0.3) is 0 Å². The zero-order valence-corrected chi connectivity index (χ0v) is 13.5. The van der Waals surface area contributed by atoms with Crippen LogP contribution in [0.2, 0.25) is 0 Å². The molecule has 0 unspecified atom stereocenters. The molecule has 1 N–H and O–H groups in total. The molecular formula is C19H14N2O2S. The van der Waals surface area contributed by atoms with Crippen molar-refractivity contribution in [1.82, 2.24) is 10.2 Å². The highest BCUT2D eigenvalue weighted by atomic mass is 32.2. The van der Waals surface area contributed by atoms with E-state index < -0.39 is 0 Å². The molecule has 24 heavy (non-hydrogen) atoms. The molecule has 4 aromatic rings. The standard InChI is InChI=1S/C19H14N2O2S/c22-16-8-5-14(6-9-16)19-21-20-18(23-19)12-24-17-10-7-13-3-1-2-4-15(13)11-17/h1-11,22H,12H2. The van der Waals surface area contributed by atoms with E-state index in [2.05, 4.69) is 40.5 Å². The molecule has 1 heterocycles. The summed E-state index contributed by atoms with van der Waals surface area (Å²) in [6.07, 6.45) is 0. The molecule has 0 aliphatic carbocycles. The number of phenols is 1. The molecule has 0 amide bonds. The van der Waals surface area contributed by atoms with Gasteiger partial charge in [-0.05, 0) is 47.2 Å². The zero-order valence-electron chi connectivity index (χ0n) is 12.7. The van der Waals surface area contributed by atoms with Crippen LogP contribution in [0.4, 0.5) is 0 Å². The summed E-state index contributed by atoms with van der Waals surface area (Å²) in [5.74, 6) is 1.87. The van der Waals surface area contributed by atoms with E-state index in [0.29, 0.717) is 17.5 Å². The summed E-state index contributed by atoms with van der Waals surface area (Å²) < 4.78 is 5.69. The molecule has 5 heteroatoms. The topological polar surface area (TPSA) is 59.2 Å². The van der Waals surface area contributed by atoms with E-state index in [4.69, 9.17) is 4.42 Å². The summed E-state index contributed by atoms with van der Waals surface area (Å²) >= 11 is 1.66. The summed E-state index contributed by atoms with van der Waals surface area (Å²) in [5.41, 5.74) is 0.794. The summed E-state index contributed by atoms with van der Waals surface area (Å²) in [4.78, 5) is 1.16. The number of phenolic OH excluding ortho intramolecular Hbond substituents is 1. The summed E-state index contributed by atoms with van der Waals surface area (Å²) in [6.45, 7) is 0. The monoisotopic (exact) mass is 334 g/mol. The van der Waals surface area contributed by atoms with Crippen LogP contribution < -0.4 is 0 Å². The second kappa shape index (κ2) is 6.37. The second-order valence-electron chi connectivity index (χ2n) is 5.35. The molecule has 0 aliphatic rings. The maximum atomic E-state index is 9.32. The fourth-order valence-electron chi connectivity index (χ4n) is 2.43. The lowest BCUT2D eigenvalue weighted by Gasteiger charge is -2.02. The van der Waals surface area contributed by atoms with Gasteiger partial charge >= 0.3 is 0 Å². The van der Waals surface area contributed by atoms with Gasteiger partial charge in [-0.1, -0.05) is 30.3 Å². The summed E-state index contributed by atoms with van der Waals surface area (Å²) in [6, 6.07) is 21.4. The molecule has 0 spiro atoms. The third kappa shape index (κ3) is 3.12. The number of hydrogen-bond acceptors (Lipinski definition) is 5. The highest BCUT2D eigenvalue weighted by Crippen LogP contribution is 2.27. The predicted molar refractivity (Wildman–Crippen MR) is 94.9 cm³/mol. The van der Waals surface area contributed by atoms with Crippen molar-refractivity contribution in [2.24, 2.45) is 0 Å². The average molecular weight is 334 g/mol. The van der Waals surface area contributed by atoms with Gasteiger partial charge in [-0.2, -0.15) is 0 Å². The minimum absolute atomic E-state index is 0.213. The van der Waals surface area contributed by atoms with Crippen LogP contribution in [0.1, 0.15) is 5.89 Å². The molecule has 0 saturated heterocycles. The lowest BCUT2D eigenvalue weighted by Crippen LogP contribution is -1.81. The van der Waals surface area contributed by atoms with E-state index in [1.54, 1.807) is 36.0 Å². The van der Waals surface area contributed by atoms with Crippen molar-refractivity contribution >= 4 is 22.5 Å². The van der Waals surface area contributed by atoms with Gasteiger partial charge in [0.1, 0.15) is 5.75 Å². The smallest absolute Gasteiger partial charge is 0.247 e. The van der Waals surface area contributed by atoms with Gasteiger partial charge < -0.3 is 9.52 Å². The minimum Gasteiger partial charge on any atom is -0.508 e. The molecule has 4 nitrogen and oxygen atoms in total. The first-order valence-corrected chi connectivity index (χ1v) is 8.50. The lowest BCUT2D eigenvalue weighted by molar-refractivity contribution is 0.475. The third-order valence-electron chi connectivity index (χ3n) is 3.66. The first-order chi connectivity index (χ1) is 11.8. The number of hydrogen-bond donors (Lipinski definition) is 1. The predicted octanol–water partition coefficient (Wildman–Crippen LogP) is 4.89. The molecular weight excluding hydrogens is 320 g/mol. The Balaban J connectivity index is 1.48. The van der Waals surface area contributed by atoms with E-state index in [0.717, 1.165) is 10.5 Å². The number of benzene rings is 3. The van der Waals surface area contributed by atoms with E-state index in [1.807, 2.05) is 12.1 Å². The first-order valence-electron chi connectivity index (χ1n) is 7.51. The fourth-order valence-corrected chi connectivity index (χ4v) is 3.22. The van der Waals surface area contributed by atoms with E-state index in [-0.39, 0.29) is 5.75 Å². The SMILES string of the molecule is Oc1ccc(-c2nnc(CSc3ccc4ccccc4c3)o2)cc1. The fraction of sp³-hybridized carbons (Fsp3) is 0.0526. The molecule has 118 valence electrons. The van der Waals surface area contributed by atoms with Crippen LogP contribution in [0, 0.1) is 0 Å². The number of rotatable bonds is 4. The minimum atomic E-state index is 0.213. The molecule has 4 rings (SSSR count). The highest BCUT2D eigenvalue weighted by molar-refractivity contribution is 7.98. The van der Waals surface area contributed by atoms with Gasteiger partial charge in [0.15, 0.2) is 0 Å². The maximum Gasteiger partial charge on any atom is 0.247 e. The molecule has 0 fully saturated rings. The zero-order chi connectivity index (χ0) is 16.4. The Morgan fingerprint density at radius 1 is 0.875 bits per heavy atom. The Bertz CT molecular complexity index is 980. The van der Waals surface area contributed by atoms with Gasteiger partial charge in [0, 0.05) is 10.5 Å². The number of nitrogens with zero attached hydrogens (tertiary/aromatic N) is 2. The largest absolute Gasteiger partial charge is 0.508 e. The van der Waals surface area contributed by atoms with Crippen LogP contribution >= 0.6 is 11.8 Å². The van der Waals surface area contributed by atoms with E-state index in [9.17, 15) is 5.11 Å². The van der Waals surface area contributed by atoms with E-state index in [1.165, 1.54) is 10.8 Å². The number of aromatic hydroxyl groups is 1. The van der Waals surface area contributed by atoms with Crippen molar-refractivity contribution in [3.8, 4) is 17.2 Å². The lowest BCUT2D eigenvalue weighted by atomic mass is 10.1. The van der Waals surface area contributed by atoms with Crippen LogP contribution in [-0.4, -0.2) is 15.3 Å². The van der Waals surface area contributed by atoms with Crippen LogP contribution in [0.5, 0.6) is 5.75 Å². The van der Waals surface area contributed by atoms with Crippen molar-refractivity contribution in [1.29, 1.82) is 0 Å². The molecule has 0 aliphatic heterocycles. The Morgan fingerprint density at radius 2 is 1.67 bits per heavy atom.